The van der Waals surface area contributed by atoms with Crippen LogP contribution in [-0.4, -0.2) is 21.7 Å². The smallest absolute Gasteiger partial charge is 0.388 e. The molecule has 0 aliphatic carbocycles. The van der Waals surface area contributed by atoms with Gasteiger partial charge in [-0.1, -0.05) is 0 Å². The Morgan fingerprint density at radius 3 is 2.65 bits per heavy atom. The molecular weight excluding hydrogens is 265 g/mol. The number of hydrogen-bond acceptors (Lipinski definition) is 4. The van der Waals surface area contributed by atoms with Crippen molar-refractivity contribution in [2.24, 2.45) is 0 Å². The summed E-state index contributed by atoms with van der Waals surface area (Å²) in [6.45, 7) is 3.41. The van der Waals surface area contributed by atoms with E-state index in [2.05, 4.69) is 10.4 Å². The summed E-state index contributed by atoms with van der Waals surface area (Å²) >= 11 is 0. The number of hydrogen-bond donors (Lipinski definition) is 1. The van der Waals surface area contributed by atoms with Gasteiger partial charge in [0.15, 0.2) is 0 Å². The topological polar surface area (TPSA) is 77.1 Å². The van der Waals surface area contributed by atoms with E-state index in [-0.39, 0.29) is 24.4 Å². The number of carbonyl (C=O) groups is 1. The van der Waals surface area contributed by atoms with E-state index in [1.54, 1.807) is 0 Å². The van der Waals surface area contributed by atoms with E-state index in [4.69, 9.17) is 4.42 Å². The number of nitrogens with zero attached hydrogens (tertiary/aromatic N) is 2. The largest absolute Gasteiger partial charge is 0.437 e. The van der Waals surface area contributed by atoms with E-state index in [1.165, 1.54) is 24.3 Å². The van der Waals surface area contributed by atoms with Gasteiger partial charge in [-0.2, -0.15) is 4.68 Å². The molecule has 1 N–H and O–H groups in total. The van der Waals surface area contributed by atoms with Crippen molar-refractivity contribution in [1.29, 1.82) is 0 Å². The summed E-state index contributed by atoms with van der Waals surface area (Å²) in [5.41, 5.74) is 0.464. The zero-order valence-electron chi connectivity index (χ0n) is 11.1. The molecule has 7 heteroatoms. The maximum atomic E-state index is 12.8. The van der Waals surface area contributed by atoms with Crippen molar-refractivity contribution in [3.8, 4) is 11.5 Å². The molecule has 1 heterocycles. The lowest BCUT2D eigenvalue weighted by Gasteiger charge is -2.06. The molecule has 0 radical (unpaired) electrons. The Kier molecular flexibility index (Phi) is 3.97. The van der Waals surface area contributed by atoms with E-state index in [1.807, 2.05) is 13.8 Å². The van der Waals surface area contributed by atoms with Gasteiger partial charge in [0.1, 0.15) is 12.4 Å². The van der Waals surface area contributed by atoms with Gasteiger partial charge < -0.3 is 9.73 Å². The molecule has 1 aromatic carbocycles. The van der Waals surface area contributed by atoms with Gasteiger partial charge >= 0.3 is 5.76 Å². The van der Waals surface area contributed by atoms with E-state index in [9.17, 15) is 14.0 Å². The molecule has 0 saturated heterocycles. The van der Waals surface area contributed by atoms with Crippen LogP contribution in [-0.2, 0) is 11.3 Å². The Bertz CT molecular complexity index is 658. The Balaban J connectivity index is 2.19. The third-order valence-corrected chi connectivity index (χ3v) is 2.44. The molecule has 0 aliphatic heterocycles. The summed E-state index contributed by atoms with van der Waals surface area (Å²) in [5, 5.41) is 6.56. The quantitative estimate of drug-likeness (QED) is 0.911. The van der Waals surface area contributed by atoms with Gasteiger partial charge in [0, 0.05) is 11.6 Å². The molecule has 106 valence electrons. The van der Waals surface area contributed by atoms with Crippen LogP contribution in [0.1, 0.15) is 13.8 Å². The molecule has 1 aromatic heterocycles. The minimum Gasteiger partial charge on any atom is -0.388 e. The molecule has 0 atom stereocenters. The second-order valence-corrected chi connectivity index (χ2v) is 4.56. The predicted octanol–water partition coefficient (Wildman–Crippen LogP) is 1.17. The highest BCUT2D eigenvalue weighted by atomic mass is 19.1. The summed E-state index contributed by atoms with van der Waals surface area (Å²) < 4.78 is 18.7. The average Bonchev–Trinajstić information content (AvgIpc) is 2.70. The van der Waals surface area contributed by atoms with Crippen molar-refractivity contribution >= 4 is 5.91 Å². The molecule has 2 aromatic rings. The van der Waals surface area contributed by atoms with E-state index >= 15 is 0 Å². The molecule has 6 nitrogen and oxygen atoms in total. The molecule has 1 amide bonds. The molecule has 0 unspecified atom stereocenters. The lowest BCUT2D eigenvalue weighted by atomic mass is 10.2. The van der Waals surface area contributed by atoms with Crippen LogP contribution in [0.25, 0.3) is 11.5 Å². The highest BCUT2D eigenvalue weighted by Crippen LogP contribution is 2.15. The fourth-order valence-corrected chi connectivity index (χ4v) is 1.62. The van der Waals surface area contributed by atoms with Gasteiger partial charge in [0.2, 0.25) is 11.8 Å². The highest BCUT2D eigenvalue weighted by molar-refractivity contribution is 5.75. The van der Waals surface area contributed by atoms with Crippen LogP contribution in [0.15, 0.2) is 33.5 Å². The SMILES string of the molecule is CC(C)NC(=O)Cn1nc(-c2ccc(F)cc2)oc1=O. The Morgan fingerprint density at radius 2 is 2.05 bits per heavy atom. The van der Waals surface area contributed by atoms with E-state index in [0.717, 1.165) is 4.68 Å². The van der Waals surface area contributed by atoms with Gasteiger partial charge in [0.25, 0.3) is 0 Å². The summed E-state index contributed by atoms with van der Waals surface area (Å²) in [6.07, 6.45) is 0. The van der Waals surface area contributed by atoms with Crippen molar-refractivity contribution in [1.82, 2.24) is 15.1 Å². The van der Waals surface area contributed by atoms with Gasteiger partial charge in [-0.05, 0) is 38.1 Å². The van der Waals surface area contributed by atoms with Crippen LogP contribution in [0, 0.1) is 5.82 Å². The normalized spacial score (nSPS) is 10.8. The Labute approximate surface area is 114 Å². The van der Waals surface area contributed by atoms with Crippen LogP contribution >= 0.6 is 0 Å². The first-order chi connectivity index (χ1) is 9.45. The number of nitrogens with one attached hydrogen (secondary N) is 1. The summed E-state index contributed by atoms with van der Waals surface area (Å²) in [5.74, 6) is -1.41. The van der Waals surface area contributed by atoms with Crippen LogP contribution in [0.4, 0.5) is 4.39 Å². The van der Waals surface area contributed by atoms with Crippen molar-refractivity contribution in [3.05, 3.63) is 40.6 Å². The number of amides is 1. The monoisotopic (exact) mass is 279 g/mol. The number of benzene rings is 1. The first-order valence-electron chi connectivity index (χ1n) is 6.09. The number of carbonyl (C=O) groups excluding carboxylic acids is 1. The molecule has 2 rings (SSSR count). The summed E-state index contributed by atoms with van der Waals surface area (Å²) in [4.78, 5) is 23.1. The molecule has 0 aliphatic rings. The van der Waals surface area contributed by atoms with Crippen LogP contribution in [0.5, 0.6) is 0 Å². The van der Waals surface area contributed by atoms with Gasteiger partial charge in [0.05, 0.1) is 0 Å². The van der Waals surface area contributed by atoms with Crippen molar-refractivity contribution < 1.29 is 13.6 Å². The van der Waals surface area contributed by atoms with Crippen LogP contribution < -0.4 is 11.1 Å². The third kappa shape index (κ3) is 3.31. The van der Waals surface area contributed by atoms with Crippen molar-refractivity contribution in [2.75, 3.05) is 0 Å². The lowest BCUT2D eigenvalue weighted by Crippen LogP contribution is -2.35. The fourth-order valence-electron chi connectivity index (χ4n) is 1.62. The fraction of sp³-hybridized carbons (Fsp3) is 0.308. The Morgan fingerprint density at radius 1 is 1.40 bits per heavy atom. The maximum absolute atomic E-state index is 12.8. The van der Waals surface area contributed by atoms with E-state index in [0.29, 0.717) is 5.56 Å². The zero-order valence-corrected chi connectivity index (χ0v) is 11.1. The summed E-state index contributed by atoms with van der Waals surface area (Å²) in [7, 11) is 0. The molecule has 0 saturated carbocycles. The third-order valence-electron chi connectivity index (χ3n) is 2.44. The van der Waals surface area contributed by atoms with Gasteiger partial charge in [-0.25, -0.2) is 9.18 Å². The zero-order chi connectivity index (χ0) is 14.7. The van der Waals surface area contributed by atoms with Crippen LogP contribution in [0.2, 0.25) is 0 Å². The molecule has 0 spiro atoms. The van der Waals surface area contributed by atoms with Crippen molar-refractivity contribution in [3.63, 3.8) is 0 Å². The minimum absolute atomic E-state index is 0.0262. The first-order valence-corrected chi connectivity index (χ1v) is 6.09. The van der Waals surface area contributed by atoms with Crippen molar-refractivity contribution in [2.45, 2.75) is 26.4 Å². The second-order valence-electron chi connectivity index (χ2n) is 4.56. The molecule has 0 bridgehead atoms. The average molecular weight is 279 g/mol. The minimum atomic E-state index is -0.733. The standard InChI is InChI=1S/C13H14FN3O3/c1-8(2)15-11(18)7-17-13(19)20-12(16-17)9-3-5-10(14)6-4-9/h3-6,8H,7H2,1-2H3,(H,15,18). The highest BCUT2D eigenvalue weighted by Gasteiger charge is 2.13. The van der Waals surface area contributed by atoms with Gasteiger partial charge in [-0.15, -0.1) is 5.10 Å². The molecule has 0 fully saturated rings. The number of aromatic nitrogens is 2. The molecule has 20 heavy (non-hydrogen) atoms. The summed E-state index contributed by atoms with van der Waals surface area (Å²) in [6, 6.07) is 5.33. The second kappa shape index (κ2) is 5.68. The number of rotatable bonds is 4. The maximum Gasteiger partial charge on any atom is 0.437 e. The van der Waals surface area contributed by atoms with Gasteiger partial charge in [-0.3, -0.25) is 4.79 Å². The Hall–Kier alpha value is -2.44. The van der Waals surface area contributed by atoms with E-state index < -0.39 is 11.6 Å². The molecular formula is C13H14FN3O3. The lowest BCUT2D eigenvalue weighted by molar-refractivity contribution is -0.122. The number of halogens is 1. The first kappa shape index (κ1) is 14.0. The van der Waals surface area contributed by atoms with Crippen LogP contribution in [0.3, 0.4) is 0 Å². The predicted molar refractivity (Wildman–Crippen MR) is 69.4 cm³/mol.